The van der Waals surface area contributed by atoms with E-state index in [1.807, 2.05) is 62.4 Å². The van der Waals surface area contributed by atoms with Gasteiger partial charge in [0.15, 0.2) is 0 Å². The van der Waals surface area contributed by atoms with Gasteiger partial charge < -0.3 is 15.0 Å². The summed E-state index contributed by atoms with van der Waals surface area (Å²) < 4.78 is 6.44. The Kier molecular flexibility index (Phi) is 5.61. The van der Waals surface area contributed by atoms with Crippen LogP contribution in [0.4, 0.5) is 11.4 Å². The van der Waals surface area contributed by atoms with E-state index >= 15 is 0 Å². The maximum absolute atomic E-state index is 12.5. The van der Waals surface area contributed by atoms with Crippen LogP contribution in [0.2, 0.25) is 0 Å². The van der Waals surface area contributed by atoms with E-state index in [0.717, 1.165) is 15.9 Å². The molecule has 26 heavy (non-hydrogen) atoms. The first-order valence-corrected chi connectivity index (χ1v) is 9.36. The summed E-state index contributed by atoms with van der Waals surface area (Å²) in [5.74, 6) is 0.196. The van der Waals surface area contributed by atoms with E-state index in [0.29, 0.717) is 12.2 Å². The summed E-state index contributed by atoms with van der Waals surface area (Å²) in [6.45, 7) is 4.30. The summed E-state index contributed by atoms with van der Waals surface area (Å²) in [4.78, 5) is 26.6. The van der Waals surface area contributed by atoms with Crippen molar-refractivity contribution in [1.82, 2.24) is 0 Å². The fourth-order valence-electron chi connectivity index (χ4n) is 2.91. The van der Waals surface area contributed by atoms with E-state index in [4.69, 9.17) is 4.74 Å². The van der Waals surface area contributed by atoms with Crippen molar-refractivity contribution in [2.45, 2.75) is 26.4 Å². The number of carbonyl (C=O) groups is 2. The van der Waals surface area contributed by atoms with E-state index in [1.165, 1.54) is 0 Å². The highest BCUT2D eigenvalue weighted by atomic mass is 79.9. The molecule has 6 heteroatoms. The molecular weight excluding hydrogens is 396 g/mol. The van der Waals surface area contributed by atoms with Gasteiger partial charge in [0.2, 0.25) is 11.8 Å². The van der Waals surface area contributed by atoms with Crippen LogP contribution in [0, 0.1) is 5.92 Å². The molecule has 1 N–H and O–H groups in total. The van der Waals surface area contributed by atoms with Crippen molar-refractivity contribution in [2.24, 2.45) is 5.92 Å². The zero-order valence-electron chi connectivity index (χ0n) is 14.7. The van der Waals surface area contributed by atoms with Gasteiger partial charge in [-0.15, -0.1) is 0 Å². The van der Waals surface area contributed by atoms with Gasteiger partial charge in [-0.3, -0.25) is 9.59 Å². The monoisotopic (exact) mass is 416 g/mol. The zero-order chi connectivity index (χ0) is 18.7. The van der Waals surface area contributed by atoms with E-state index in [1.54, 1.807) is 4.90 Å². The van der Waals surface area contributed by atoms with Crippen molar-refractivity contribution >= 4 is 39.1 Å². The molecule has 5 nitrogen and oxygen atoms in total. The molecule has 0 radical (unpaired) electrons. The Labute approximate surface area is 161 Å². The van der Waals surface area contributed by atoms with Crippen molar-refractivity contribution in [3.8, 4) is 5.75 Å². The SMILES string of the molecule is CC(C)Oc1ccc(N2CC(C(=O)Nc3ccccc3Br)CC2=O)cc1. The first kappa shape index (κ1) is 18.5. The van der Waals surface area contributed by atoms with Crippen LogP contribution in [0.5, 0.6) is 5.75 Å². The molecule has 1 aliphatic heterocycles. The van der Waals surface area contributed by atoms with Gasteiger partial charge in [0, 0.05) is 23.1 Å². The number of halogens is 1. The second-order valence-electron chi connectivity index (χ2n) is 6.53. The number of nitrogens with zero attached hydrogens (tertiary/aromatic N) is 1. The molecule has 1 heterocycles. The van der Waals surface area contributed by atoms with Gasteiger partial charge in [-0.1, -0.05) is 12.1 Å². The molecule has 0 saturated carbocycles. The molecule has 3 rings (SSSR count). The minimum atomic E-state index is -0.374. The lowest BCUT2D eigenvalue weighted by atomic mass is 10.1. The van der Waals surface area contributed by atoms with Gasteiger partial charge in [-0.2, -0.15) is 0 Å². The van der Waals surface area contributed by atoms with Gasteiger partial charge in [0.25, 0.3) is 0 Å². The molecule has 1 unspecified atom stereocenters. The van der Waals surface area contributed by atoms with Crippen LogP contribution < -0.4 is 15.0 Å². The van der Waals surface area contributed by atoms with Crippen molar-refractivity contribution in [1.29, 1.82) is 0 Å². The van der Waals surface area contributed by atoms with Crippen LogP contribution in [0.1, 0.15) is 20.3 Å². The fourth-order valence-corrected chi connectivity index (χ4v) is 3.29. The average Bonchev–Trinajstić information content (AvgIpc) is 2.99. The smallest absolute Gasteiger partial charge is 0.229 e. The van der Waals surface area contributed by atoms with Crippen molar-refractivity contribution in [3.05, 3.63) is 53.0 Å². The van der Waals surface area contributed by atoms with Crippen molar-refractivity contribution < 1.29 is 14.3 Å². The van der Waals surface area contributed by atoms with Gasteiger partial charge in [-0.25, -0.2) is 0 Å². The van der Waals surface area contributed by atoms with Crippen LogP contribution in [0.3, 0.4) is 0 Å². The van der Waals surface area contributed by atoms with Gasteiger partial charge in [0.05, 0.1) is 17.7 Å². The minimum Gasteiger partial charge on any atom is -0.491 e. The molecule has 0 spiro atoms. The number of rotatable bonds is 5. The number of carbonyl (C=O) groups excluding carboxylic acids is 2. The number of para-hydroxylation sites is 1. The van der Waals surface area contributed by atoms with Crippen LogP contribution in [0.25, 0.3) is 0 Å². The molecule has 1 saturated heterocycles. The average molecular weight is 417 g/mol. The van der Waals surface area contributed by atoms with Crippen molar-refractivity contribution in [2.75, 3.05) is 16.8 Å². The standard InChI is InChI=1S/C20H21BrN2O3/c1-13(2)26-16-9-7-15(8-10-16)23-12-14(11-19(23)24)20(25)22-18-6-4-3-5-17(18)21/h3-10,13-14H,11-12H2,1-2H3,(H,22,25). The van der Waals surface area contributed by atoms with Gasteiger partial charge >= 0.3 is 0 Å². The highest BCUT2D eigenvalue weighted by Gasteiger charge is 2.35. The Morgan fingerprint density at radius 3 is 2.54 bits per heavy atom. The van der Waals surface area contributed by atoms with E-state index in [2.05, 4.69) is 21.2 Å². The molecule has 136 valence electrons. The Morgan fingerprint density at radius 1 is 1.19 bits per heavy atom. The lowest BCUT2D eigenvalue weighted by Crippen LogP contribution is -2.28. The second-order valence-corrected chi connectivity index (χ2v) is 7.39. The maximum Gasteiger partial charge on any atom is 0.229 e. The largest absolute Gasteiger partial charge is 0.491 e. The number of anilines is 2. The first-order chi connectivity index (χ1) is 12.4. The highest BCUT2D eigenvalue weighted by Crippen LogP contribution is 2.29. The maximum atomic E-state index is 12.5. The molecule has 2 amide bonds. The van der Waals surface area contributed by atoms with Crippen LogP contribution in [-0.2, 0) is 9.59 Å². The predicted molar refractivity (Wildman–Crippen MR) is 105 cm³/mol. The van der Waals surface area contributed by atoms with E-state index < -0.39 is 0 Å². The molecule has 0 bridgehead atoms. The molecular formula is C20H21BrN2O3. The first-order valence-electron chi connectivity index (χ1n) is 8.56. The van der Waals surface area contributed by atoms with E-state index in [9.17, 15) is 9.59 Å². The number of hydrogen-bond acceptors (Lipinski definition) is 3. The highest BCUT2D eigenvalue weighted by molar-refractivity contribution is 9.10. The van der Waals surface area contributed by atoms with Crippen molar-refractivity contribution in [3.63, 3.8) is 0 Å². The summed E-state index contributed by atoms with van der Waals surface area (Å²) in [6.07, 6.45) is 0.306. The molecule has 1 fully saturated rings. The number of ether oxygens (including phenoxy) is 1. The molecule has 2 aromatic carbocycles. The Balaban J connectivity index is 1.66. The third-order valence-electron chi connectivity index (χ3n) is 4.15. The van der Waals surface area contributed by atoms with Crippen LogP contribution >= 0.6 is 15.9 Å². The minimum absolute atomic E-state index is 0.0465. The number of hydrogen-bond donors (Lipinski definition) is 1. The third-order valence-corrected chi connectivity index (χ3v) is 4.84. The fraction of sp³-hybridized carbons (Fsp3) is 0.300. The molecule has 0 aliphatic carbocycles. The molecule has 0 aromatic heterocycles. The number of amides is 2. The lowest BCUT2D eigenvalue weighted by molar-refractivity contribution is -0.122. The normalized spacial score (nSPS) is 16.8. The predicted octanol–water partition coefficient (Wildman–Crippen LogP) is 4.23. The molecule has 1 atom stereocenters. The quantitative estimate of drug-likeness (QED) is 0.793. The topological polar surface area (TPSA) is 58.6 Å². The van der Waals surface area contributed by atoms with Gasteiger partial charge in [-0.05, 0) is 66.2 Å². The summed E-state index contributed by atoms with van der Waals surface area (Å²) >= 11 is 3.41. The van der Waals surface area contributed by atoms with E-state index in [-0.39, 0.29) is 30.3 Å². The lowest BCUT2D eigenvalue weighted by Gasteiger charge is -2.18. The molecule has 1 aliphatic rings. The zero-order valence-corrected chi connectivity index (χ0v) is 16.3. The second kappa shape index (κ2) is 7.91. The number of nitrogens with one attached hydrogen (secondary N) is 1. The Hall–Kier alpha value is -2.34. The summed E-state index contributed by atoms with van der Waals surface area (Å²) in [5, 5.41) is 2.89. The van der Waals surface area contributed by atoms with Crippen LogP contribution in [-0.4, -0.2) is 24.5 Å². The molecule has 2 aromatic rings. The summed E-state index contributed by atoms with van der Waals surface area (Å²) in [5.41, 5.74) is 1.49. The number of benzene rings is 2. The summed E-state index contributed by atoms with van der Waals surface area (Å²) in [7, 11) is 0. The summed E-state index contributed by atoms with van der Waals surface area (Å²) in [6, 6.07) is 14.8. The Morgan fingerprint density at radius 2 is 1.88 bits per heavy atom. The van der Waals surface area contributed by atoms with Crippen LogP contribution in [0.15, 0.2) is 53.0 Å². The third kappa shape index (κ3) is 4.25. The Bertz CT molecular complexity index is 805. The van der Waals surface area contributed by atoms with Gasteiger partial charge in [0.1, 0.15) is 5.75 Å².